The molecule has 5 nitrogen and oxygen atoms in total. The molecule has 0 spiro atoms. The highest BCUT2D eigenvalue weighted by Crippen LogP contribution is 2.54. The molecule has 21 heavy (non-hydrogen) atoms. The lowest BCUT2D eigenvalue weighted by Crippen LogP contribution is -2.14. The number of ether oxygens (including phenoxy) is 1. The van der Waals surface area contributed by atoms with E-state index in [4.69, 9.17) is 18.3 Å². The molecule has 120 valence electrons. The van der Waals surface area contributed by atoms with Gasteiger partial charge < -0.3 is 4.74 Å². The van der Waals surface area contributed by atoms with Crippen molar-refractivity contribution in [2.24, 2.45) is 0 Å². The van der Waals surface area contributed by atoms with Crippen molar-refractivity contribution in [3.63, 3.8) is 0 Å². The average Bonchev–Trinajstić information content (AvgIpc) is 2.45. The minimum absolute atomic E-state index is 0.0237. The van der Waals surface area contributed by atoms with Gasteiger partial charge in [-0.05, 0) is 31.5 Å². The Morgan fingerprint density at radius 2 is 1.62 bits per heavy atom. The fraction of sp³-hybridized carbons (Fsp3) is 0.538. The number of methoxy groups -OCH3 is 1. The Morgan fingerprint density at radius 3 is 2.00 bits per heavy atom. The molecule has 0 radical (unpaired) electrons. The smallest absolute Gasteiger partial charge is 0.475 e. The summed E-state index contributed by atoms with van der Waals surface area (Å²) in [6, 6.07) is 5.86. The van der Waals surface area contributed by atoms with Crippen LogP contribution in [0.4, 0.5) is 8.78 Å². The Bertz CT molecular complexity index is 456. The van der Waals surface area contributed by atoms with Gasteiger partial charge >= 0.3 is 7.82 Å². The van der Waals surface area contributed by atoms with E-state index in [2.05, 4.69) is 0 Å². The lowest BCUT2D eigenvalue weighted by molar-refractivity contribution is -0.0173. The lowest BCUT2D eigenvalue weighted by Gasteiger charge is -2.23. The lowest BCUT2D eigenvalue weighted by atomic mass is 10.1. The molecule has 0 aromatic heterocycles. The van der Waals surface area contributed by atoms with Gasteiger partial charge in [-0.2, -0.15) is 0 Å². The Kier molecular flexibility index (Phi) is 7.25. The van der Waals surface area contributed by atoms with Crippen molar-refractivity contribution in [2.45, 2.75) is 26.4 Å². The second-order valence-electron chi connectivity index (χ2n) is 3.92. The molecule has 0 aliphatic carbocycles. The normalized spacial score (nSPS) is 13.4. The highest BCUT2D eigenvalue weighted by Gasteiger charge is 2.35. The molecular weight excluding hydrogens is 305 g/mol. The van der Waals surface area contributed by atoms with Gasteiger partial charge in [-0.3, -0.25) is 13.6 Å². The summed E-state index contributed by atoms with van der Waals surface area (Å²) in [6.45, 7) is 3.19. The highest BCUT2D eigenvalue weighted by atomic mass is 31.2. The molecule has 1 aromatic rings. The average molecular weight is 324 g/mol. The Morgan fingerprint density at radius 1 is 1.10 bits per heavy atom. The third kappa shape index (κ3) is 5.36. The van der Waals surface area contributed by atoms with Gasteiger partial charge in [-0.15, -0.1) is 0 Å². The Labute approximate surface area is 122 Å². The molecule has 1 aromatic carbocycles. The third-order valence-corrected chi connectivity index (χ3v) is 4.12. The second-order valence-corrected chi connectivity index (χ2v) is 5.54. The number of alkyl halides is 2. The van der Waals surface area contributed by atoms with Crippen LogP contribution in [0.5, 0.6) is 5.75 Å². The van der Waals surface area contributed by atoms with Crippen molar-refractivity contribution >= 4 is 7.82 Å². The minimum atomic E-state index is -4.02. The van der Waals surface area contributed by atoms with Gasteiger partial charge in [0, 0.05) is 0 Å². The monoisotopic (exact) mass is 324 g/mol. The van der Waals surface area contributed by atoms with Crippen LogP contribution in [0.25, 0.3) is 0 Å². The van der Waals surface area contributed by atoms with Crippen molar-refractivity contribution in [1.29, 1.82) is 0 Å². The molecule has 0 fully saturated rings. The number of halogens is 2. The van der Waals surface area contributed by atoms with Crippen molar-refractivity contribution < 1.29 is 31.7 Å². The van der Waals surface area contributed by atoms with Crippen LogP contribution in [0.1, 0.15) is 25.5 Å². The molecule has 0 aliphatic rings. The second kappa shape index (κ2) is 8.44. The first kappa shape index (κ1) is 18.0. The van der Waals surface area contributed by atoms with Crippen LogP contribution >= 0.6 is 7.82 Å². The minimum Gasteiger partial charge on any atom is -0.497 e. The number of rotatable bonds is 9. The molecule has 0 saturated heterocycles. The summed E-state index contributed by atoms with van der Waals surface area (Å²) >= 11 is 0. The Hall–Kier alpha value is -1.01. The van der Waals surface area contributed by atoms with E-state index >= 15 is 0 Å². The van der Waals surface area contributed by atoms with E-state index in [1.54, 1.807) is 13.8 Å². The number of phosphoric ester groups is 1. The van der Waals surface area contributed by atoms with E-state index in [1.165, 1.54) is 31.4 Å². The standard InChI is InChI=1S/C13H19F2O5P/c1-4-18-21(16,19-5-2)20-12(13(14)15)10-6-8-11(17-3)9-7-10/h6-9,12-13H,4-5H2,1-3H3/t12-/m0/s1. The molecule has 1 rings (SSSR count). The summed E-state index contributed by atoms with van der Waals surface area (Å²) in [5.74, 6) is 0.518. The van der Waals surface area contributed by atoms with Crippen LogP contribution < -0.4 is 4.74 Å². The molecule has 0 heterocycles. The van der Waals surface area contributed by atoms with Crippen LogP contribution in [-0.4, -0.2) is 26.7 Å². The topological polar surface area (TPSA) is 54.0 Å². The molecule has 0 aliphatic heterocycles. The van der Waals surface area contributed by atoms with Crippen LogP contribution in [-0.2, 0) is 18.1 Å². The van der Waals surface area contributed by atoms with Crippen molar-refractivity contribution in [3.05, 3.63) is 29.8 Å². The van der Waals surface area contributed by atoms with Gasteiger partial charge in [0.25, 0.3) is 6.43 Å². The predicted octanol–water partition coefficient (Wildman–Crippen LogP) is 4.20. The molecule has 0 N–H and O–H groups in total. The van der Waals surface area contributed by atoms with E-state index < -0.39 is 20.4 Å². The first-order valence-corrected chi connectivity index (χ1v) is 7.91. The zero-order valence-corrected chi connectivity index (χ0v) is 13.0. The van der Waals surface area contributed by atoms with E-state index in [0.717, 1.165) is 0 Å². The summed E-state index contributed by atoms with van der Waals surface area (Å²) in [7, 11) is -2.56. The first-order valence-electron chi connectivity index (χ1n) is 6.45. The molecule has 0 unspecified atom stereocenters. The maximum Gasteiger partial charge on any atom is 0.475 e. The van der Waals surface area contributed by atoms with Crippen LogP contribution in [0, 0.1) is 0 Å². The molecule has 8 heteroatoms. The number of hydrogen-bond acceptors (Lipinski definition) is 5. The van der Waals surface area contributed by atoms with Crippen molar-refractivity contribution in [3.8, 4) is 5.75 Å². The molecular formula is C13H19F2O5P. The Balaban J connectivity index is 2.97. The van der Waals surface area contributed by atoms with Gasteiger partial charge in [0.1, 0.15) is 5.75 Å². The fourth-order valence-electron chi connectivity index (χ4n) is 1.60. The molecule has 0 bridgehead atoms. The number of phosphoric acid groups is 1. The molecule has 0 saturated carbocycles. The van der Waals surface area contributed by atoms with Gasteiger partial charge in [0.2, 0.25) is 0 Å². The number of benzene rings is 1. The van der Waals surface area contributed by atoms with Crippen LogP contribution in [0.3, 0.4) is 0 Å². The van der Waals surface area contributed by atoms with Gasteiger partial charge in [-0.25, -0.2) is 13.3 Å². The maximum absolute atomic E-state index is 13.2. The summed E-state index contributed by atoms with van der Waals surface area (Å²) < 4.78 is 58.2. The van der Waals surface area contributed by atoms with E-state index in [0.29, 0.717) is 5.75 Å². The fourth-order valence-corrected chi connectivity index (χ4v) is 2.92. The maximum atomic E-state index is 13.2. The van der Waals surface area contributed by atoms with Crippen molar-refractivity contribution in [1.82, 2.24) is 0 Å². The van der Waals surface area contributed by atoms with Crippen LogP contribution in [0.15, 0.2) is 24.3 Å². The predicted molar refractivity (Wildman–Crippen MR) is 73.7 cm³/mol. The largest absolute Gasteiger partial charge is 0.497 e. The molecule has 0 amide bonds. The van der Waals surface area contributed by atoms with E-state index in [-0.39, 0.29) is 18.8 Å². The third-order valence-electron chi connectivity index (χ3n) is 2.49. The van der Waals surface area contributed by atoms with Crippen molar-refractivity contribution in [2.75, 3.05) is 20.3 Å². The first-order chi connectivity index (χ1) is 9.95. The summed E-state index contributed by atoms with van der Waals surface area (Å²) in [5.41, 5.74) is 0.158. The van der Waals surface area contributed by atoms with E-state index in [9.17, 15) is 13.3 Å². The molecule has 1 atom stereocenters. The zero-order valence-electron chi connectivity index (χ0n) is 12.1. The summed E-state index contributed by atoms with van der Waals surface area (Å²) in [4.78, 5) is 0. The highest BCUT2D eigenvalue weighted by molar-refractivity contribution is 7.48. The summed E-state index contributed by atoms with van der Waals surface area (Å²) in [5, 5.41) is 0. The van der Waals surface area contributed by atoms with Gasteiger partial charge in [0.15, 0.2) is 6.10 Å². The SMILES string of the molecule is CCOP(=O)(OCC)O[C@@H](c1ccc(OC)cc1)C(F)F. The van der Waals surface area contributed by atoms with Gasteiger partial charge in [0.05, 0.1) is 20.3 Å². The number of hydrogen-bond donors (Lipinski definition) is 0. The van der Waals surface area contributed by atoms with Gasteiger partial charge in [-0.1, -0.05) is 12.1 Å². The zero-order chi connectivity index (χ0) is 15.9. The van der Waals surface area contributed by atoms with E-state index in [1.807, 2.05) is 0 Å². The van der Waals surface area contributed by atoms with Crippen LogP contribution in [0.2, 0.25) is 0 Å². The summed E-state index contributed by atoms with van der Waals surface area (Å²) in [6.07, 6.45) is -4.59. The quantitative estimate of drug-likeness (QED) is 0.637.